The normalized spacial score (nSPS) is 19.0. The molecule has 2 amide bonds. The third kappa shape index (κ3) is 4.88. The fraction of sp³-hybridized carbons (Fsp3) is 0.333. The maximum atomic E-state index is 13.6. The van der Waals surface area contributed by atoms with Gasteiger partial charge >= 0.3 is 6.18 Å². The summed E-state index contributed by atoms with van der Waals surface area (Å²) in [5, 5.41) is 0. The number of carbonyl (C=O) groups excluding carboxylic acids is 2. The zero-order valence-corrected chi connectivity index (χ0v) is 21.8. The molecule has 1 unspecified atom stereocenters. The monoisotopic (exact) mass is 585 g/mol. The van der Waals surface area contributed by atoms with E-state index in [0.717, 1.165) is 37.4 Å². The standard InChI is InChI=1S/C24H23BrF3N3O4S/c1-15(2)29-14-21-30(36(34,35)19-5-3-4-17(13-19)24(26,27)28)11-10-22(32)31(21)20(23(29)33)12-16-6-8-18(25)9-7-16/h3-9,13-15,20H,10-12H2,1-2H3. The number of carbonyl (C=O) groups is 2. The molecule has 0 spiro atoms. The van der Waals surface area contributed by atoms with Crippen LogP contribution < -0.4 is 0 Å². The van der Waals surface area contributed by atoms with Gasteiger partial charge in [-0.1, -0.05) is 34.1 Å². The zero-order valence-electron chi connectivity index (χ0n) is 19.4. The van der Waals surface area contributed by atoms with Crippen LogP contribution in [0.2, 0.25) is 0 Å². The maximum absolute atomic E-state index is 13.6. The van der Waals surface area contributed by atoms with Gasteiger partial charge in [-0.3, -0.25) is 14.5 Å². The summed E-state index contributed by atoms with van der Waals surface area (Å²) in [4.78, 5) is 28.4. The lowest BCUT2D eigenvalue weighted by molar-refractivity contribution is -0.148. The number of nitrogens with zero attached hydrogens (tertiary/aromatic N) is 3. The molecule has 0 saturated carbocycles. The largest absolute Gasteiger partial charge is 0.416 e. The van der Waals surface area contributed by atoms with E-state index in [-0.39, 0.29) is 37.2 Å². The topological polar surface area (TPSA) is 78.0 Å². The van der Waals surface area contributed by atoms with Crippen molar-refractivity contribution in [1.29, 1.82) is 0 Å². The Kier molecular flexibility index (Phi) is 6.95. The number of benzene rings is 2. The average Bonchev–Trinajstić information content (AvgIpc) is 2.81. The number of rotatable bonds is 5. The van der Waals surface area contributed by atoms with Crippen LogP contribution in [0.25, 0.3) is 0 Å². The highest BCUT2D eigenvalue weighted by molar-refractivity contribution is 9.10. The molecule has 0 aliphatic carbocycles. The summed E-state index contributed by atoms with van der Waals surface area (Å²) in [6.45, 7) is 3.24. The molecule has 4 rings (SSSR count). The molecular formula is C24H23BrF3N3O4S. The van der Waals surface area contributed by atoms with Crippen LogP contribution in [-0.2, 0) is 32.2 Å². The number of hydrogen-bond acceptors (Lipinski definition) is 4. The van der Waals surface area contributed by atoms with Crippen molar-refractivity contribution in [3.05, 3.63) is 76.2 Å². The number of alkyl halides is 3. The van der Waals surface area contributed by atoms with E-state index < -0.39 is 38.6 Å². The Hall–Kier alpha value is -2.86. The van der Waals surface area contributed by atoms with Crippen LogP contribution in [0.15, 0.2) is 69.9 Å². The van der Waals surface area contributed by atoms with E-state index in [1.54, 1.807) is 38.1 Å². The Morgan fingerprint density at radius 3 is 2.36 bits per heavy atom. The smallest absolute Gasteiger partial charge is 0.311 e. The molecule has 7 nitrogen and oxygen atoms in total. The molecule has 2 aliphatic heterocycles. The van der Waals surface area contributed by atoms with Gasteiger partial charge in [0, 0.05) is 36.1 Å². The minimum Gasteiger partial charge on any atom is -0.311 e. The number of halogens is 4. The van der Waals surface area contributed by atoms with Gasteiger partial charge in [0.25, 0.3) is 10.0 Å². The molecule has 0 radical (unpaired) electrons. The van der Waals surface area contributed by atoms with E-state index in [1.165, 1.54) is 11.1 Å². The Morgan fingerprint density at radius 2 is 1.75 bits per heavy atom. The van der Waals surface area contributed by atoms with Gasteiger partial charge in [0.05, 0.1) is 10.5 Å². The summed E-state index contributed by atoms with van der Waals surface area (Å²) in [6, 6.07) is 9.28. The molecule has 192 valence electrons. The summed E-state index contributed by atoms with van der Waals surface area (Å²) in [5.74, 6) is -0.863. The quantitative estimate of drug-likeness (QED) is 0.522. The van der Waals surface area contributed by atoms with Crippen LogP contribution >= 0.6 is 15.9 Å². The van der Waals surface area contributed by atoms with Crippen molar-refractivity contribution >= 4 is 37.8 Å². The van der Waals surface area contributed by atoms with Gasteiger partial charge in [-0.05, 0) is 49.7 Å². The van der Waals surface area contributed by atoms with Crippen molar-refractivity contribution in [1.82, 2.24) is 14.1 Å². The highest BCUT2D eigenvalue weighted by Gasteiger charge is 2.47. The first-order chi connectivity index (χ1) is 16.8. The highest BCUT2D eigenvalue weighted by atomic mass is 79.9. The van der Waals surface area contributed by atoms with Crippen molar-refractivity contribution in [2.75, 3.05) is 6.54 Å². The molecule has 0 bridgehead atoms. The Labute approximate surface area is 215 Å². The van der Waals surface area contributed by atoms with E-state index >= 15 is 0 Å². The second kappa shape index (κ2) is 9.55. The van der Waals surface area contributed by atoms with Crippen molar-refractivity contribution in [3.8, 4) is 0 Å². The van der Waals surface area contributed by atoms with E-state index in [4.69, 9.17) is 0 Å². The first-order valence-electron chi connectivity index (χ1n) is 11.1. The Bertz CT molecular complexity index is 1330. The molecule has 36 heavy (non-hydrogen) atoms. The first kappa shape index (κ1) is 26.2. The lowest BCUT2D eigenvalue weighted by atomic mass is 10.00. The van der Waals surface area contributed by atoms with Gasteiger partial charge < -0.3 is 4.90 Å². The lowest BCUT2D eigenvalue weighted by Crippen LogP contribution is -2.61. The van der Waals surface area contributed by atoms with E-state index in [2.05, 4.69) is 15.9 Å². The molecule has 2 aromatic rings. The summed E-state index contributed by atoms with van der Waals surface area (Å²) < 4.78 is 68.7. The summed E-state index contributed by atoms with van der Waals surface area (Å²) >= 11 is 3.35. The molecule has 1 saturated heterocycles. The van der Waals surface area contributed by atoms with Gasteiger partial charge in [0.15, 0.2) is 0 Å². The second-order valence-corrected chi connectivity index (χ2v) is 11.6. The zero-order chi connectivity index (χ0) is 26.4. The minimum absolute atomic E-state index is 0.0564. The van der Waals surface area contributed by atoms with Crippen molar-refractivity contribution in [2.45, 2.75) is 49.8 Å². The number of fused-ring (bicyclic) bond motifs is 1. The van der Waals surface area contributed by atoms with Gasteiger partial charge in [0.1, 0.15) is 11.9 Å². The average molecular weight is 586 g/mol. The Balaban J connectivity index is 1.79. The van der Waals surface area contributed by atoms with Gasteiger partial charge in [-0.25, -0.2) is 12.7 Å². The molecule has 2 aromatic carbocycles. The molecule has 2 aliphatic rings. The van der Waals surface area contributed by atoms with Crippen LogP contribution in [0, 0.1) is 0 Å². The third-order valence-corrected chi connectivity index (χ3v) is 8.38. The van der Waals surface area contributed by atoms with Gasteiger partial charge in [-0.15, -0.1) is 0 Å². The summed E-state index contributed by atoms with van der Waals surface area (Å²) in [6.07, 6.45) is -3.51. The number of amides is 2. The van der Waals surface area contributed by atoms with E-state index in [9.17, 15) is 31.2 Å². The van der Waals surface area contributed by atoms with Crippen LogP contribution in [0.4, 0.5) is 13.2 Å². The third-order valence-electron chi connectivity index (χ3n) is 6.05. The molecule has 2 heterocycles. The van der Waals surface area contributed by atoms with Crippen molar-refractivity contribution in [2.24, 2.45) is 0 Å². The van der Waals surface area contributed by atoms with Crippen LogP contribution in [-0.4, -0.2) is 53.0 Å². The number of hydrogen-bond donors (Lipinski definition) is 0. The fourth-order valence-electron chi connectivity index (χ4n) is 4.24. The van der Waals surface area contributed by atoms with Crippen molar-refractivity contribution < 1.29 is 31.2 Å². The summed E-state index contributed by atoms with van der Waals surface area (Å²) in [7, 11) is -4.48. The predicted octanol–water partition coefficient (Wildman–Crippen LogP) is 4.35. The SMILES string of the molecule is CC(C)N1C=C2N(C(=O)CCN2S(=O)(=O)c2cccc(C(F)(F)F)c2)C(Cc2ccc(Br)cc2)C1=O. The van der Waals surface area contributed by atoms with Crippen LogP contribution in [0.1, 0.15) is 31.4 Å². The molecule has 1 atom stereocenters. The van der Waals surface area contributed by atoms with Crippen LogP contribution in [0.3, 0.4) is 0 Å². The van der Waals surface area contributed by atoms with Gasteiger partial charge in [-0.2, -0.15) is 13.2 Å². The molecule has 0 N–H and O–H groups in total. The number of sulfonamides is 1. The minimum atomic E-state index is -4.73. The van der Waals surface area contributed by atoms with Crippen molar-refractivity contribution in [3.63, 3.8) is 0 Å². The van der Waals surface area contributed by atoms with E-state index in [1.807, 2.05) is 0 Å². The predicted molar refractivity (Wildman–Crippen MR) is 128 cm³/mol. The molecule has 0 aromatic heterocycles. The summed E-state index contributed by atoms with van der Waals surface area (Å²) in [5.41, 5.74) is -0.342. The second-order valence-electron chi connectivity index (χ2n) is 8.79. The Morgan fingerprint density at radius 1 is 1.08 bits per heavy atom. The van der Waals surface area contributed by atoms with Gasteiger partial charge in [0.2, 0.25) is 11.8 Å². The molecular weight excluding hydrogens is 563 g/mol. The molecule has 1 fully saturated rings. The fourth-order valence-corrected chi connectivity index (χ4v) is 6.00. The lowest BCUT2D eigenvalue weighted by Gasteiger charge is -2.46. The highest BCUT2D eigenvalue weighted by Crippen LogP contribution is 2.36. The first-order valence-corrected chi connectivity index (χ1v) is 13.3. The maximum Gasteiger partial charge on any atom is 0.416 e. The van der Waals surface area contributed by atoms with Crippen LogP contribution in [0.5, 0.6) is 0 Å². The van der Waals surface area contributed by atoms with E-state index in [0.29, 0.717) is 6.07 Å². The molecule has 12 heteroatoms.